The molecule has 3 rings (SSSR count). The number of amides is 2. The van der Waals surface area contributed by atoms with Crippen LogP contribution in [-0.4, -0.2) is 59.3 Å². The number of carbonyl (C=O) groups excluding carboxylic acids is 2. The molecular formula is C19H28N4O2. The first kappa shape index (κ1) is 17.9. The van der Waals surface area contributed by atoms with Gasteiger partial charge >= 0.3 is 0 Å². The molecule has 6 nitrogen and oxygen atoms in total. The van der Waals surface area contributed by atoms with Gasteiger partial charge in [0.1, 0.15) is 0 Å². The number of aromatic nitrogens is 1. The molecule has 0 bridgehead atoms. The minimum atomic E-state index is -0.239. The van der Waals surface area contributed by atoms with Gasteiger partial charge in [-0.1, -0.05) is 13.0 Å². The average Bonchev–Trinajstić information content (AvgIpc) is 2.97. The van der Waals surface area contributed by atoms with E-state index in [1.54, 1.807) is 11.1 Å². The molecule has 1 N–H and O–H groups in total. The highest BCUT2D eigenvalue weighted by atomic mass is 16.2. The maximum atomic E-state index is 12.4. The first-order valence-corrected chi connectivity index (χ1v) is 9.29. The van der Waals surface area contributed by atoms with Crippen molar-refractivity contribution in [3.63, 3.8) is 0 Å². The van der Waals surface area contributed by atoms with Gasteiger partial charge in [-0.3, -0.25) is 14.6 Å². The van der Waals surface area contributed by atoms with Crippen molar-refractivity contribution in [2.24, 2.45) is 11.8 Å². The van der Waals surface area contributed by atoms with Crippen LogP contribution < -0.4 is 5.32 Å². The highest BCUT2D eigenvalue weighted by Gasteiger charge is 2.34. The topological polar surface area (TPSA) is 65.5 Å². The van der Waals surface area contributed by atoms with Gasteiger partial charge in [0.15, 0.2) is 0 Å². The van der Waals surface area contributed by atoms with Crippen LogP contribution in [0.1, 0.15) is 31.9 Å². The number of pyridine rings is 1. The van der Waals surface area contributed by atoms with E-state index in [0.29, 0.717) is 26.1 Å². The molecule has 2 aliphatic heterocycles. The van der Waals surface area contributed by atoms with Gasteiger partial charge in [0.05, 0.1) is 18.2 Å². The number of piperidine rings is 1. The van der Waals surface area contributed by atoms with Crippen molar-refractivity contribution in [1.82, 2.24) is 20.1 Å². The van der Waals surface area contributed by atoms with Gasteiger partial charge in [-0.25, -0.2) is 0 Å². The minimum Gasteiger partial charge on any atom is -0.355 e. The molecule has 0 aromatic carbocycles. The van der Waals surface area contributed by atoms with Gasteiger partial charge in [-0.2, -0.15) is 0 Å². The lowest BCUT2D eigenvalue weighted by atomic mass is 10.0. The third-order valence-electron chi connectivity index (χ3n) is 5.13. The maximum absolute atomic E-state index is 12.4. The van der Waals surface area contributed by atoms with Crippen LogP contribution in [0.5, 0.6) is 0 Å². The van der Waals surface area contributed by atoms with Gasteiger partial charge in [-0.05, 0) is 37.4 Å². The van der Waals surface area contributed by atoms with Crippen molar-refractivity contribution < 1.29 is 9.59 Å². The second kappa shape index (κ2) is 8.43. The smallest absolute Gasteiger partial charge is 0.225 e. The van der Waals surface area contributed by atoms with Crippen LogP contribution >= 0.6 is 0 Å². The predicted octanol–water partition coefficient (Wildman–Crippen LogP) is 1.28. The summed E-state index contributed by atoms with van der Waals surface area (Å²) < 4.78 is 0. The van der Waals surface area contributed by atoms with Crippen molar-refractivity contribution >= 4 is 11.8 Å². The molecule has 2 aliphatic rings. The molecule has 2 fully saturated rings. The van der Waals surface area contributed by atoms with E-state index in [4.69, 9.17) is 0 Å². The van der Waals surface area contributed by atoms with Gasteiger partial charge < -0.3 is 15.1 Å². The third kappa shape index (κ3) is 5.01. The Morgan fingerprint density at radius 3 is 3.00 bits per heavy atom. The fourth-order valence-electron chi connectivity index (χ4n) is 3.76. The monoisotopic (exact) mass is 344 g/mol. The van der Waals surface area contributed by atoms with E-state index in [1.807, 2.05) is 18.2 Å². The number of likely N-dealkylation sites (tertiary alicyclic amines) is 2. The number of nitrogens with one attached hydrogen (secondary N) is 1. The summed E-state index contributed by atoms with van der Waals surface area (Å²) in [5.74, 6) is 0.547. The lowest BCUT2D eigenvalue weighted by Crippen LogP contribution is -2.41. The molecule has 6 heteroatoms. The van der Waals surface area contributed by atoms with E-state index < -0.39 is 0 Å². The van der Waals surface area contributed by atoms with E-state index in [0.717, 1.165) is 31.2 Å². The highest BCUT2D eigenvalue weighted by molar-refractivity contribution is 5.89. The number of hydrogen-bond acceptors (Lipinski definition) is 4. The Morgan fingerprint density at radius 1 is 1.36 bits per heavy atom. The standard InChI is InChI=1S/C19H28N4O2/c1-15-5-4-9-22(12-15)10-8-21-19(25)16-11-18(24)23(13-16)14-17-6-2-3-7-20-17/h2-3,6-7,15-16H,4-5,8-14H2,1H3,(H,21,25). The number of rotatable bonds is 6. The van der Waals surface area contributed by atoms with Gasteiger partial charge in [0, 0.05) is 38.8 Å². The number of nitrogens with zero attached hydrogens (tertiary/aromatic N) is 3. The van der Waals surface area contributed by atoms with E-state index in [2.05, 4.69) is 22.1 Å². The zero-order chi connectivity index (χ0) is 17.6. The molecule has 25 heavy (non-hydrogen) atoms. The Labute approximate surface area is 149 Å². The van der Waals surface area contributed by atoms with E-state index in [-0.39, 0.29) is 17.7 Å². The van der Waals surface area contributed by atoms with Crippen LogP contribution in [0, 0.1) is 11.8 Å². The quantitative estimate of drug-likeness (QED) is 0.844. The summed E-state index contributed by atoms with van der Waals surface area (Å²) in [6.45, 7) is 7.06. The fourth-order valence-corrected chi connectivity index (χ4v) is 3.76. The average molecular weight is 344 g/mol. The zero-order valence-corrected chi connectivity index (χ0v) is 15.0. The summed E-state index contributed by atoms with van der Waals surface area (Å²) in [5, 5.41) is 3.02. The lowest BCUT2D eigenvalue weighted by molar-refractivity contribution is -0.129. The predicted molar refractivity (Wildman–Crippen MR) is 95.6 cm³/mol. The Bertz CT molecular complexity index is 592. The molecule has 2 unspecified atom stereocenters. The molecule has 2 saturated heterocycles. The van der Waals surface area contributed by atoms with E-state index in [1.165, 1.54) is 12.8 Å². The van der Waals surface area contributed by atoms with E-state index in [9.17, 15) is 9.59 Å². The summed E-state index contributed by atoms with van der Waals surface area (Å²) in [7, 11) is 0. The Kier molecular flexibility index (Phi) is 6.02. The summed E-state index contributed by atoms with van der Waals surface area (Å²) in [4.78, 5) is 32.9. The molecule has 2 atom stereocenters. The van der Waals surface area contributed by atoms with Crippen molar-refractivity contribution in [1.29, 1.82) is 0 Å². The van der Waals surface area contributed by atoms with Crippen LogP contribution in [0.25, 0.3) is 0 Å². The molecule has 0 radical (unpaired) electrons. The second-order valence-corrected chi connectivity index (χ2v) is 7.34. The molecule has 1 aromatic heterocycles. The summed E-state index contributed by atoms with van der Waals surface area (Å²) in [5.41, 5.74) is 0.858. The maximum Gasteiger partial charge on any atom is 0.225 e. The number of carbonyl (C=O) groups is 2. The van der Waals surface area contributed by atoms with E-state index >= 15 is 0 Å². The molecular weight excluding hydrogens is 316 g/mol. The SMILES string of the molecule is CC1CCCN(CCNC(=O)C2CC(=O)N(Cc3ccccn3)C2)C1. The zero-order valence-electron chi connectivity index (χ0n) is 15.0. The molecule has 136 valence electrons. The van der Waals surface area contributed by atoms with Gasteiger partial charge in [-0.15, -0.1) is 0 Å². The first-order chi connectivity index (χ1) is 12.1. The van der Waals surface area contributed by atoms with Gasteiger partial charge in [0.2, 0.25) is 11.8 Å². The Hall–Kier alpha value is -1.95. The van der Waals surface area contributed by atoms with Crippen LogP contribution in [0.3, 0.4) is 0 Å². The summed E-state index contributed by atoms with van der Waals surface area (Å²) in [6, 6.07) is 5.67. The van der Waals surface area contributed by atoms with Crippen LogP contribution in [0.15, 0.2) is 24.4 Å². The molecule has 1 aromatic rings. The second-order valence-electron chi connectivity index (χ2n) is 7.34. The normalized spacial score (nSPS) is 24.5. The fraction of sp³-hybridized carbons (Fsp3) is 0.632. The minimum absolute atomic E-state index is 0.00179. The highest BCUT2D eigenvalue weighted by Crippen LogP contribution is 2.20. The first-order valence-electron chi connectivity index (χ1n) is 9.29. The molecule has 0 saturated carbocycles. The Balaban J connectivity index is 1.41. The molecule has 0 spiro atoms. The van der Waals surface area contributed by atoms with Crippen LogP contribution in [-0.2, 0) is 16.1 Å². The largest absolute Gasteiger partial charge is 0.355 e. The lowest BCUT2D eigenvalue weighted by Gasteiger charge is -2.30. The van der Waals surface area contributed by atoms with Crippen molar-refractivity contribution in [2.75, 3.05) is 32.7 Å². The molecule has 3 heterocycles. The molecule has 2 amide bonds. The summed E-state index contributed by atoms with van der Waals surface area (Å²) >= 11 is 0. The van der Waals surface area contributed by atoms with Crippen molar-refractivity contribution in [3.8, 4) is 0 Å². The van der Waals surface area contributed by atoms with Crippen LogP contribution in [0.2, 0.25) is 0 Å². The number of hydrogen-bond donors (Lipinski definition) is 1. The van der Waals surface area contributed by atoms with Gasteiger partial charge in [0.25, 0.3) is 0 Å². The third-order valence-corrected chi connectivity index (χ3v) is 5.13. The van der Waals surface area contributed by atoms with Crippen LogP contribution in [0.4, 0.5) is 0 Å². The Morgan fingerprint density at radius 2 is 2.24 bits per heavy atom. The van der Waals surface area contributed by atoms with Crippen molar-refractivity contribution in [2.45, 2.75) is 32.7 Å². The summed E-state index contributed by atoms with van der Waals surface area (Å²) in [6.07, 6.45) is 4.58. The van der Waals surface area contributed by atoms with Crippen molar-refractivity contribution in [3.05, 3.63) is 30.1 Å². The molecule has 0 aliphatic carbocycles.